The summed E-state index contributed by atoms with van der Waals surface area (Å²) in [6.45, 7) is 6.27. The van der Waals surface area contributed by atoms with Crippen LogP contribution in [0.15, 0.2) is 59.6 Å². The molecule has 32 heavy (non-hydrogen) atoms. The maximum Gasteiger partial charge on any atom is 0.312 e. The number of carbonyl (C=O) groups is 1. The third-order valence-electron chi connectivity index (χ3n) is 4.46. The summed E-state index contributed by atoms with van der Waals surface area (Å²) in [5, 5.41) is 25.5. The Bertz CT molecular complexity index is 1200. The number of rotatable bonds is 6. The summed E-state index contributed by atoms with van der Waals surface area (Å²) < 4.78 is 5.73. The molecule has 0 aliphatic rings. The minimum Gasteiger partial charge on any atom is -0.450 e. The van der Waals surface area contributed by atoms with Crippen LogP contribution in [-0.2, 0) is 10.2 Å². The second kappa shape index (κ2) is 9.41. The van der Waals surface area contributed by atoms with E-state index in [4.69, 9.17) is 4.74 Å². The highest BCUT2D eigenvalue weighted by Gasteiger charge is 2.19. The van der Waals surface area contributed by atoms with Crippen molar-refractivity contribution in [3.05, 3.63) is 80.9 Å². The van der Waals surface area contributed by atoms with Crippen LogP contribution in [0.2, 0.25) is 0 Å². The van der Waals surface area contributed by atoms with Gasteiger partial charge in [-0.05, 0) is 40.8 Å². The lowest BCUT2D eigenvalue weighted by Gasteiger charge is -2.19. The van der Waals surface area contributed by atoms with Gasteiger partial charge in [0.25, 0.3) is 5.91 Å². The zero-order valence-electron chi connectivity index (χ0n) is 17.7. The number of nitro groups is 1. The van der Waals surface area contributed by atoms with Gasteiger partial charge in [-0.1, -0.05) is 39.0 Å². The molecule has 0 aliphatic carbocycles. The predicted molar refractivity (Wildman–Crippen MR) is 123 cm³/mol. The SMILES string of the molecule is CC(C)(C)c1ccc(Oc2ccc(C=C(C#N)C(=O)Nc3nccs3)cc2[N+](=O)[O-])cc1. The molecular weight excluding hydrogens is 428 g/mol. The first-order valence-corrected chi connectivity index (χ1v) is 10.4. The molecule has 0 aliphatic heterocycles. The molecule has 0 spiro atoms. The summed E-state index contributed by atoms with van der Waals surface area (Å²) in [5.74, 6) is -0.129. The van der Waals surface area contributed by atoms with Crippen molar-refractivity contribution in [3.8, 4) is 17.6 Å². The normalized spacial score (nSPS) is 11.5. The van der Waals surface area contributed by atoms with E-state index in [0.29, 0.717) is 16.4 Å². The molecule has 0 atom stereocenters. The molecule has 9 heteroatoms. The van der Waals surface area contributed by atoms with Crippen molar-refractivity contribution in [2.24, 2.45) is 0 Å². The van der Waals surface area contributed by atoms with Crippen LogP contribution in [-0.4, -0.2) is 15.8 Å². The molecule has 1 amide bonds. The number of amides is 1. The van der Waals surface area contributed by atoms with E-state index in [0.717, 1.165) is 5.56 Å². The van der Waals surface area contributed by atoms with E-state index in [1.54, 1.807) is 23.6 Å². The second-order valence-corrected chi connectivity index (χ2v) is 8.72. The molecule has 0 fully saturated rings. The molecule has 0 bridgehead atoms. The molecule has 0 radical (unpaired) electrons. The zero-order chi connectivity index (χ0) is 23.3. The average Bonchev–Trinajstić information content (AvgIpc) is 3.25. The van der Waals surface area contributed by atoms with E-state index in [1.807, 2.05) is 18.2 Å². The Hall–Kier alpha value is -4.03. The van der Waals surface area contributed by atoms with Gasteiger partial charge in [-0.2, -0.15) is 5.26 Å². The average molecular weight is 449 g/mol. The predicted octanol–water partition coefficient (Wildman–Crippen LogP) is 5.69. The molecule has 1 heterocycles. The molecule has 2 aromatic carbocycles. The van der Waals surface area contributed by atoms with Crippen molar-refractivity contribution < 1.29 is 14.5 Å². The van der Waals surface area contributed by atoms with Gasteiger partial charge in [-0.25, -0.2) is 4.98 Å². The summed E-state index contributed by atoms with van der Waals surface area (Å²) >= 11 is 1.21. The number of ether oxygens (including phenoxy) is 1. The lowest BCUT2D eigenvalue weighted by Crippen LogP contribution is -2.13. The number of aromatic nitrogens is 1. The van der Waals surface area contributed by atoms with Crippen molar-refractivity contribution in [2.45, 2.75) is 26.2 Å². The lowest BCUT2D eigenvalue weighted by molar-refractivity contribution is -0.385. The Morgan fingerprint density at radius 3 is 2.53 bits per heavy atom. The van der Waals surface area contributed by atoms with Crippen LogP contribution in [0.4, 0.5) is 10.8 Å². The Morgan fingerprint density at radius 1 is 1.25 bits per heavy atom. The minimum atomic E-state index is -0.649. The van der Waals surface area contributed by atoms with Crippen LogP contribution < -0.4 is 10.1 Å². The summed E-state index contributed by atoms with van der Waals surface area (Å²) in [4.78, 5) is 27.2. The number of nitrogens with zero attached hydrogens (tertiary/aromatic N) is 3. The molecule has 3 rings (SSSR count). The fourth-order valence-electron chi connectivity index (χ4n) is 2.77. The van der Waals surface area contributed by atoms with Gasteiger partial charge in [-0.3, -0.25) is 20.2 Å². The Kier molecular flexibility index (Phi) is 6.66. The summed E-state index contributed by atoms with van der Waals surface area (Å²) in [7, 11) is 0. The summed E-state index contributed by atoms with van der Waals surface area (Å²) in [5.41, 5.74) is 0.915. The first-order valence-electron chi connectivity index (χ1n) is 9.57. The molecule has 1 aromatic heterocycles. The van der Waals surface area contributed by atoms with Gasteiger partial charge in [0.2, 0.25) is 5.75 Å². The minimum absolute atomic E-state index is 0.0250. The van der Waals surface area contributed by atoms with Gasteiger partial charge < -0.3 is 4.74 Å². The van der Waals surface area contributed by atoms with Gasteiger partial charge in [0, 0.05) is 17.6 Å². The van der Waals surface area contributed by atoms with Crippen LogP contribution in [0, 0.1) is 21.4 Å². The van der Waals surface area contributed by atoms with Crippen LogP contribution in [0.25, 0.3) is 6.08 Å². The van der Waals surface area contributed by atoms with Crippen molar-refractivity contribution in [1.29, 1.82) is 5.26 Å². The smallest absolute Gasteiger partial charge is 0.312 e. The fourth-order valence-corrected chi connectivity index (χ4v) is 3.29. The third-order valence-corrected chi connectivity index (χ3v) is 5.15. The van der Waals surface area contributed by atoms with E-state index in [2.05, 4.69) is 31.1 Å². The number of thiazole rings is 1. The number of benzene rings is 2. The molecular formula is C23H20N4O4S. The molecule has 8 nitrogen and oxygen atoms in total. The number of nitrogens with one attached hydrogen (secondary N) is 1. The van der Waals surface area contributed by atoms with Crippen LogP contribution in [0.5, 0.6) is 11.5 Å². The number of nitriles is 1. The quantitative estimate of drug-likeness (QED) is 0.224. The number of hydrogen-bond donors (Lipinski definition) is 1. The summed E-state index contributed by atoms with van der Waals surface area (Å²) in [6, 6.07) is 13.4. The van der Waals surface area contributed by atoms with Gasteiger partial charge >= 0.3 is 5.69 Å². The van der Waals surface area contributed by atoms with Gasteiger partial charge in [0.1, 0.15) is 17.4 Å². The molecule has 3 aromatic rings. The topological polar surface area (TPSA) is 118 Å². The second-order valence-electron chi connectivity index (χ2n) is 7.82. The van der Waals surface area contributed by atoms with Crippen molar-refractivity contribution in [2.75, 3.05) is 5.32 Å². The highest BCUT2D eigenvalue weighted by molar-refractivity contribution is 7.13. The van der Waals surface area contributed by atoms with Crippen molar-refractivity contribution in [1.82, 2.24) is 4.98 Å². The fraction of sp³-hybridized carbons (Fsp3) is 0.174. The Labute approximate surface area is 189 Å². The highest BCUT2D eigenvalue weighted by Crippen LogP contribution is 2.34. The van der Waals surface area contributed by atoms with Crippen molar-refractivity contribution >= 4 is 34.1 Å². The molecule has 1 N–H and O–H groups in total. The standard InChI is InChI=1S/C23H20N4O4S/c1-23(2,3)17-5-7-18(8-6-17)31-20-9-4-15(13-19(20)27(29)30)12-16(14-24)21(28)26-22-25-10-11-32-22/h4-13H,1-3H3,(H,25,26,28). The van der Waals surface area contributed by atoms with E-state index in [1.165, 1.54) is 35.7 Å². The van der Waals surface area contributed by atoms with E-state index in [-0.39, 0.29) is 22.4 Å². The lowest BCUT2D eigenvalue weighted by atomic mass is 9.87. The first-order chi connectivity index (χ1) is 15.2. The zero-order valence-corrected chi connectivity index (χ0v) is 18.5. The number of carbonyl (C=O) groups excluding carboxylic acids is 1. The van der Waals surface area contributed by atoms with Gasteiger partial charge in [0.15, 0.2) is 5.13 Å². The molecule has 0 saturated carbocycles. The largest absolute Gasteiger partial charge is 0.450 e. The van der Waals surface area contributed by atoms with Gasteiger partial charge in [0.05, 0.1) is 4.92 Å². The number of hydrogen-bond acceptors (Lipinski definition) is 7. The summed E-state index contributed by atoms with van der Waals surface area (Å²) in [6.07, 6.45) is 2.80. The van der Waals surface area contributed by atoms with Crippen LogP contribution >= 0.6 is 11.3 Å². The molecule has 0 saturated heterocycles. The van der Waals surface area contributed by atoms with Crippen molar-refractivity contribution in [3.63, 3.8) is 0 Å². The highest BCUT2D eigenvalue weighted by atomic mass is 32.1. The van der Waals surface area contributed by atoms with Crippen LogP contribution in [0.3, 0.4) is 0 Å². The number of anilines is 1. The van der Waals surface area contributed by atoms with Crippen LogP contribution in [0.1, 0.15) is 31.9 Å². The maximum absolute atomic E-state index is 12.3. The molecule has 162 valence electrons. The monoisotopic (exact) mass is 448 g/mol. The first kappa shape index (κ1) is 22.7. The molecule has 0 unspecified atom stereocenters. The number of nitro benzene ring substituents is 1. The Morgan fingerprint density at radius 2 is 1.97 bits per heavy atom. The van der Waals surface area contributed by atoms with E-state index >= 15 is 0 Å². The van der Waals surface area contributed by atoms with E-state index < -0.39 is 10.8 Å². The third kappa shape index (κ3) is 5.56. The van der Waals surface area contributed by atoms with Gasteiger partial charge in [-0.15, -0.1) is 11.3 Å². The van der Waals surface area contributed by atoms with E-state index in [9.17, 15) is 20.2 Å². The maximum atomic E-state index is 12.3. The Balaban J connectivity index is 1.85.